The smallest absolute Gasteiger partial charge is 0.272 e. The topological polar surface area (TPSA) is 155 Å². The molecule has 0 radical (unpaired) electrons. The van der Waals surface area contributed by atoms with Gasteiger partial charge in [-0.05, 0) is 18.2 Å². The van der Waals surface area contributed by atoms with Gasteiger partial charge in [0, 0.05) is 23.5 Å². The molecule has 3 aromatic carbocycles. The molecule has 0 atom stereocenters. The first-order chi connectivity index (χ1) is 14.5. The second kappa shape index (κ2) is 6.89. The second-order valence-electron chi connectivity index (χ2n) is 6.90. The lowest BCUT2D eigenvalue weighted by molar-refractivity contribution is 0.0973. The number of carbonyl (C=O) groups excluding carboxylic acids is 3. The van der Waals surface area contributed by atoms with Crippen LogP contribution in [0.1, 0.15) is 43.6 Å². The first kappa shape index (κ1) is 20.5. The molecule has 0 saturated heterocycles. The van der Waals surface area contributed by atoms with E-state index in [-0.39, 0.29) is 34.6 Å². The molecule has 0 heterocycles. The number of aromatic hydroxyl groups is 2. The molecule has 0 fully saturated rings. The number of phenolic OH excluding ortho intramolecular Hbond substituents is 2. The minimum atomic E-state index is -4.60. The van der Waals surface area contributed by atoms with Gasteiger partial charge in [-0.2, -0.15) is 8.42 Å². The molecule has 0 aliphatic heterocycles. The molecule has 3 aromatic rings. The zero-order valence-corrected chi connectivity index (χ0v) is 16.7. The monoisotopic (exact) mass is 444 g/mol. The predicted octanol–water partition coefficient (Wildman–Crippen LogP) is 2.35. The van der Waals surface area contributed by atoms with Crippen molar-refractivity contribution in [2.75, 3.05) is 12.9 Å². The average Bonchev–Trinajstić information content (AvgIpc) is 2.72. The fourth-order valence-corrected chi connectivity index (χ4v) is 4.20. The third-order valence-electron chi connectivity index (χ3n) is 5.06. The number of methoxy groups -OCH3 is 1. The highest BCUT2D eigenvalue weighted by atomic mass is 32.2. The molecular formula is C21H16O9S. The number of hydrogen-bond acceptors (Lipinski definition) is 8. The lowest BCUT2D eigenvalue weighted by Crippen LogP contribution is -2.23. The minimum Gasteiger partial charge on any atom is -0.506 e. The third kappa shape index (κ3) is 3.13. The number of fused-ring (bicyclic) bond motifs is 3. The van der Waals surface area contributed by atoms with Crippen LogP contribution in [0.25, 0.3) is 10.8 Å². The molecule has 0 spiro atoms. The van der Waals surface area contributed by atoms with Crippen molar-refractivity contribution in [1.82, 2.24) is 0 Å². The highest BCUT2D eigenvalue weighted by Gasteiger charge is 2.37. The van der Waals surface area contributed by atoms with Gasteiger partial charge in [-0.1, -0.05) is 18.2 Å². The number of Topliss-reactive ketones (excluding diaryl/α,β-unsaturated/α-hetero) is 1. The lowest BCUT2D eigenvalue weighted by atomic mass is 9.80. The summed E-state index contributed by atoms with van der Waals surface area (Å²) in [5, 5.41) is 21.7. The second-order valence-corrected chi connectivity index (χ2v) is 8.35. The fourth-order valence-electron chi connectivity index (χ4n) is 3.70. The van der Waals surface area contributed by atoms with Gasteiger partial charge in [0.2, 0.25) is 0 Å². The summed E-state index contributed by atoms with van der Waals surface area (Å²) >= 11 is 0. The maximum Gasteiger partial charge on any atom is 0.272 e. The van der Waals surface area contributed by atoms with Crippen molar-refractivity contribution in [1.29, 1.82) is 0 Å². The largest absolute Gasteiger partial charge is 0.506 e. The average molecular weight is 444 g/mol. The van der Waals surface area contributed by atoms with E-state index < -0.39 is 55.8 Å². The van der Waals surface area contributed by atoms with Crippen molar-refractivity contribution in [2.45, 2.75) is 0 Å². The van der Waals surface area contributed by atoms with E-state index in [0.29, 0.717) is 0 Å². The molecular weight excluding hydrogens is 428 g/mol. The Morgan fingerprint density at radius 2 is 1.65 bits per heavy atom. The molecule has 0 amide bonds. The number of ketones is 3. The highest BCUT2D eigenvalue weighted by Crippen LogP contribution is 2.47. The molecule has 0 aromatic heterocycles. The van der Waals surface area contributed by atoms with Gasteiger partial charge < -0.3 is 14.9 Å². The van der Waals surface area contributed by atoms with Crippen molar-refractivity contribution < 1.29 is 43.7 Å². The number of phenols is 2. The normalized spacial score (nSPS) is 13.1. The van der Waals surface area contributed by atoms with Crippen molar-refractivity contribution in [2.24, 2.45) is 0 Å². The first-order valence-electron chi connectivity index (χ1n) is 8.81. The van der Waals surface area contributed by atoms with E-state index in [1.54, 1.807) is 0 Å². The maximum absolute atomic E-state index is 13.2. The van der Waals surface area contributed by atoms with Crippen LogP contribution in [0.4, 0.5) is 0 Å². The Kier molecular flexibility index (Phi) is 4.56. The number of ether oxygens (including phenoxy) is 1. The zero-order valence-electron chi connectivity index (χ0n) is 15.9. The Hall–Kier alpha value is -3.76. The quantitative estimate of drug-likeness (QED) is 0.244. The number of benzene rings is 3. The van der Waals surface area contributed by atoms with Gasteiger partial charge in [0.05, 0.1) is 23.6 Å². The SMILES string of the molecule is COc1cccc2c(O)c3c(c(O)c12)C(=O)c1ccc(C(=O)CS(=O)(=O)O)cc1C3=O.[HH]. The van der Waals surface area contributed by atoms with Gasteiger partial charge in [0.15, 0.2) is 17.3 Å². The summed E-state index contributed by atoms with van der Waals surface area (Å²) in [4.78, 5) is 38.4. The van der Waals surface area contributed by atoms with Crippen molar-refractivity contribution in [3.05, 3.63) is 64.2 Å². The summed E-state index contributed by atoms with van der Waals surface area (Å²) in [6, 6.07) is 7.80. The van der Waals surface area contributed by atoms with Gasteiger partial charge in [0.1, 0.15) is 23.0 Å². The molecule has 160 valence electrons. The molecule has 10 heteroatoms. The van der Waals surface area contributed by atoms with Crippen LogP contribution in [0.5, 0.6) is 17.2 Å². The molecule has 4 rings (SSSR count). The van der Waals surface area contributed by atoms with Gasteiger partial charge in [0.25, 0.3) is 10.1 Å². The van der Waals surface area contributed by atoms with Crippen molar-refractivity contribution in [3.8, 4) is 17.2 Å². The Morgan fingerprint density at radius 1 is 1.00 bits per heavy atom. The molecule has 0 bridgehead atoms. The summed E-state index contributed by atoms with van der Waals surface area (Å²) in [5.74, 6) is -4.66. The van der Waals surface area contributed by atoms with E-state index in [2.05, 4.69) is 0 Å². The molecule has 0 saturated carbocycles. The number of carbonyl (C=O) groups is 3. The van der Waals surface area contributed by atoms with E-state index in [1.165, 1.54) is 25.3 Å². The van der Waals surface area contributed by atoms with E-state index in [0.717, 1.165) is 18.2 Å². The van der Waals surface area contributed by atoms with Crippen LogP contribution in [0.2, 0.25) is 0 Å². The van der Waals surface area contributed by atoms with Gasteiger partial charge >= 0.3 is 0 Å². The molecule has 1 aliphatic carbocycles. The zero-order chi connectivity index (χ0) is 22.7. The Balaban J connectivity index is 0.00000289. The van der Waals surface area contributed by atoms with Crippen LogP contribution in [0.3, 0.4) is 0 Å². The van der Waals surface area contributed by atoms with Crippen molar-refractivity contribution >= 4 is 38.2 Å². The standard InChI is InChI=1S/C21H14O9S.H2/c1-30-14-4-2-3-11-15(14)21(26)17-16(19(11)24)20(25)12-7-9(5-6-10(12)18(17)23)13(22)8-31(27,28)29;/h2-7,24,26H,8H2,1H3,(H,27,28,29);1H. The summed E-state index contributed by atoms with van der Waals surface area (Å²) < 4.78 is 36.0. The summed E-state index contributed by atoms with van der Waals surface area (Å²) in [5.41, 5.74) is -1.42. The van der Waals surface area contributed by atoms with Gasteiger partial charge in [-0.15, -0.1) is 0 Å². The van der Waals surface area contributed by atoms with E-state index in [9.17, 15) is 33.0 Å². The fraction of sp³-hybridized carbons (Fsp3) is 0.0952. The molecule has 0 unspecified atom stereocenters. The molecule has 9 nitrogen and oxygen atoms in total. The minimum absolute atomic E-state index is 0. The van der Waals surface area contributed by atoms with E-state index >= 15 is 0 Å². The van der Waals surface area contributed by atoms with E-state index in [1.807, 2.05) is 0 Å². The first-order valence-corrected chi connectivity index (χ1v) is 10.4. The molecule has 31 heavy (non-hydrogen) atoms. The highest BCUT2D eigenvalue weighted by molar-refractivity contribution is 7.86. The van der Waals surface area contributed by atoms with Crippen LogP contribution in [0, 0.1) is 0 Å². The summed E-state index contributed by atoms with van der Waals surface area (Å²) in [7, 11) is -3.25. The van der Waals surface area contributed by atoms with E-state index in [4.69, 9.17) is 9.29 Å². The van der Waals surface area contributed by atoms with Gasteiger partial charge in [-0.25, -0.2) is 0 Å². The van der Waals surface area contributed by atoms with Crippen LogP contribution in [0.15, 0.2) is 36.4 Å². The van der Waals surface area contributed by atoms with Crippen LogP contribution in [-0.2, 0) is 10.1 Å². The Labute approximate surface area is 176 Å². The Morgan fingerprint density at radius 3 is 2.29 bits per heavy atom. The maximum atomic E-state index is 13.2. The van der Waals surface area contributed by atoms with Gasteiger partial charge in [-0.3, -0.25) is 18.9 Å². The van der Waals surface area contributed by atoms with Crippen LogP contribution in [-0.4, -0.2) is 53.4 Å². The molecule has 3 N–H and O–H groups in total. The van der Waals surface area contributed by atoms with Crippen LogP contribution < -0.4 is 4.74 Å². The summed E-state index contributed by atoms with van der Waals surface area (Å²) in [6.45, 7) is 0. The lowest BCUT2D eigenvalue weighted by Gasteiger charge is -2.22. The molecule has 1 aliphatic rings. The predicted molar refractivity (Wildman–Crippen MR) is 110 cm³/mol. The summed E-state index contributed by atoms with van der Waals surface area (Å²) in [6.07, 6.45) is 0. The number of hydrogen-bond donors (Lipinski definition) is 3. The van der Waals surface area contributed by atoms with Crippen molar-refractivity contribution in [3.63, 3.8) is 0 Å². The van der Waals surface area contributed by atoms with Crippen LogP contribution >= 0.6 is 0 Å². The number of rotatable bonds is 4. The third-order valence-corrected chi connectivity index (χ3v) is 5.69. The Bertz CT molecular complexity index is 1440.